The molecule has 0 unspecified atom stereocenters. The zero-order valence-electron chi connectivity index (χ0n) is 8.95. The molecule has 0 bridgehead atoms. The number of aromatic amines is 1. The Bertz CT molecular complexity index is 449. The molecule has 1 aromatic heterocycles. The first-order valence-corrected chi connectivity index (χ1v) is 5.04. The molecule has 16 heavy (non-hydrogen) atoms. The van der Waals surface area contributed by atoms with Crippen LogP contribution in [-0.4, -0.2) is 34.9 Å². The summed E-state index contributed by atoms with van der Waals surface area (Å²) in [6, 6.07) is 1.22. The molecule has 2 heterocycles. The van der Waals surface area contributed by atoms with Gasteiger partial charge in [-0.05, 0) is 13.3 Å². The fourth-order valence-corrected chi connectivity index (χ4v) is 1.61. The van der Waals surface area contributed by atoms with Crippen LogP contribution in [0.2, 0.25) is 0 Å². The van der Waals surface area contributed by atoms with Gasteiger partial charge >= 0.3 is 0 Å². The highest BCUT2D eigenvalue weighted by molar-refractivity contribution is 5.94. The van der Waals surface area contributed by atoms with Crippen LogP contribution >= 0.6 is 0 Å². The molecule has 1 aromatic rings. The second-order valence-corrected chi connectivity index (χ2v) is 4.15. The van der Waals surface area contributed by atoms with Gasteiger partial charge in [0.2, 0.25) is 0 Å². The molecule has 1 atom stereocenters. The van der Waals surface area contributed by atoms with Crippen molar-refractivity contribution < 1.29 is 9.53 Å². The Balaban J connectivity index is 2.11. The third-order valence-electron chi connectivity index (χ3n) is 2.56. The van der Waals surface area contributed by atoms with Crippen molar-refractivity contribution in [3.05, 3.63) is 28.2 Å². The lowest BCUT2D eigenvalue weighted by Crippen LogP contribution is -2.46. The topological polar surface area (TPSA) is 84.1 Å². The number of nitrogens with one attached hydrogen (secondary N) is 2. The standard InChI is InChI=1S/C10H13N3O3/c1-10(2-3-16-6-10)12-9(15)7-4-8(14)13-11-5-7/h4-5H,2-3,6H2,1H3,(H,12,15)(H,13,14)/t10-/m0/s1. The molecule has 0 aliphatic carbocycles. The van der Waals surface area contributed by atoms with Gasteiger partial charge in [-0.25, -0.2) is 5.10 Å². The van der Waals surface area contributed by atoms with Crippen molar-refractivity contribution in [1.29, 1.82) is 0 Å². The highest BCUT2D eigenvalue weighted by Crippen LogP contribution is 2.17. The molecule has 1 aliphatic rings. The van der Waals surface area contributed by atoms with Gasteiger partial charge in [-0.15, -0.1) is 0 Å². The van der Waals surface area contributed by atoms with Crippen LogP contribution in [-0.2, 0) is 4.74 Å². The van der Waals surface area contributed by atoms with E-state index in [-0.39, 0.29) is 22.6 Å². The van der Waals surface area contributed by atoms with Crippen LogP contribution in [0.3, 0.4) is 0 Å². The minimum absolute atomic E-state index is 0.261. The van der Waals surface area contributed by atoms with E-state index in [1.165, 1.54) is 12.3 Å². The van der Waals surface area contributed by atoms with Crippen molar-refractivity contribution in [2.75, 3.05) is 13.2 Å². The Hall–Kier alpha value is -1.69. The van der Waals surface area contributed by atoms with Crippen LogP contribution in [0.25, 0.3) is 0 Å². The second kappa shape index (κ2) is 4.05. The summed E-state index contributed by atoms with van der Waals surface area (Å²) < 4.78 is 5.22. The number of ether oxygens (including phenoxy) is 1. The van der Waals surface area contributed by atoms with Crippen LogP contribution < -0.4 is 10.9 Å². The van der Waals surface area contributed by atoms with Crippen molar-refractivity contribution in [2.45, 2.75) is 18.9 Å². The normalized spacial score (nSPS) is 24.3. The Kier molecular flexibility index (Phi) is 2.74. The van der Waals surface area contributed by atoms with E-state index in [1.807, 2.05) is 6.92 Å². The summed E-state index contributed by atoms with van der Waals surface area (Å²) in [5.41, 5.74) is -0.475. The van der Waals surface area contributed by atoms with Gasteiger partial charge in [-0.2, -0.15) is 5.10 Å². The van der Waals surface area contributed by atoms with E-state index in [9.17, 15) is 9.59 Å². The van der Waals surface area contributed by atoms with E-state index in [1.54, 1.807) is 0 Å². The molecule has 1 saturated heterocycles. The number of carbonyl (C=O) groups excluding carboxylic acids is 1. The van der Waals surface area contributed by atoms with Crippen LogP contribution in [0, 0.1) is 0 Å². The Morgan fingerprint density at radius 1 is 1.69 bits per heavy atom. The summed E-state index contributed by atoms with van der Waals surface area (Å²) in [4.78, 5) is 22.8. The zero-order valence-corrected chi connectivity index (χ0v) is 8.95. The van der Waals surface area contributed by atoms with Crippen molar-refractivity contribution in [1.82, 2.24) is 15.5 Å². The van der Waals surface area contributed by atoms with Gasteiger partial charge in [0.1, 0.15) is 0 Å². The number of H-pyrrole nitrogens is 1. The van der Waals surface area contributed by atoms with Crippen LogP contribution in [0.15, 0.2) is 17.1 Å². The molecular weight excluding hydrogens is 210 g/mol. The molecule has 1 aliphatic heterocycles. The molecule has 0 spiro atoms. The van der Waals surface area contributed by atoms with Crippen molar-refractivity contribution in [2.24, 2.45) is 0 Å². The summed E-state index contributed by atoms with van der Waals surface area (Å²) in [6.45, 7) is 3.05. The molecule has 2 rings (SSSR count). The fraction of sp³-hybridized carbons (Fsp3) is 0.500. The second-order valence-electron chi connectivity index (χ2n) is 4.15. The fourth-order valence-electron chi connectivity index (χ4n) is 1.61. The summed E-state index contributed by atoms with van der Waals surface area (Å²) in [5.74, 6) is -0.299. The molecule has 0 aromatic carbocycles. The Labute approximate surface area is 92.0 Å². The third kappa shape index (κ3) is 2.27. The van der Waals surface area contributed by atoms with E-state index >= 15 is 0 Å². The number of carbonyl (C=O) groups is 1. The first-order valence-electron chi connectivity index (χ1n) is 5.04. The largest absolute Gasteiger partial charge is 0.379 e. The van der Waals surface area contributed by atoms with Crippen LogP contribution in [0.4, 0.5) is 0 Å². The first-order chi connectivity index (χ1) is 7.59. The quantitative estimate of drug-likeness (QED) is 0.719. The number of aromatic nitrogens is 2. The minimum atomic E-state index is -0.388. The monoisotopic (exact) mass is 223 g/mol. The van der Waals surface area contributed by atoms with Crippen molar-refractivity contribution >= 4 is 5.91 Å². The van der Waals surface area contributed by atoms with Crippen molar-refractivity contribution in [3.63, 3.8) is 0 Å². The third-order valence-corrected chi connectivity index (χ3v) is 2.56. The summed E-state index contributed by atoms with van der Waals surface area (Å²) >= 11 is 0. The molecule has 86 valence electrons. The Morgan fingerprint density at radius 3 is 3.12 bits per heavy atom. The molecule has 0 saturated carbocycles. The molecule has 6 nitrogen and oxygen atoms in total. The molecule has 0 radical (unpaired) electrons. The summed E-state index contributed by atoms with van der Waals surface area (Å²) in [6.07, 6.45) is 2.10. The SMILES string of the molecule is C[C@]1(NC(=O)c2cn[nH]c(=O)c2)CCOC1. The van der Waals surface area contributed by atoms with Gasteiger partial charge in [0.05, 0.1) is 23.9 Å². The van der Waals surface area contributed by atoms with Gasteiger partial charge in [-0.1, -0.05) is 0 Å². The summed E-state index contributed by atoms with van der Waals surface area (Å²) in [5, 5.41) is 8.63. The predicted molar refractivity (Wildman–Crippen MR) is 56.2 cm³/mol. The van der Waals surface area contributed by atoms with Gasteiger partial charge in [0.15, 0.2) is 0 Å². The number of hydrogen-bond donors (Lipinski definition) is 2. The lowest BCUT2D eigenvalue weighted by Gasteiger charge is -2.23. The molecule has 1 amide bonds. The molecule has 2 N–H and O–H groups in total. The molecule has 6 heteroatoms. The maximum atomic E-state index is 11.8. The maximum Gasteiger partial charge on any atom is 0.264 e. The van der Waals surface area contributed by atoms with E-state index in [0.717, 1.165) is 6.42 Å². The van der Waals surface area contributed by atoms with Crippen LogP contribution in [0.5, 0.6) is 0 Å². The van der Waals surface area contributed by atoms with Gasteiger partial charge in [-0.3, -0.25) is 9.59 Å². The summed E-state index contributed by atoms with van der Waals surface area (Å²) in [7, 11) is 0. The van der Waals surface area contributed by atoms with E-state index in [4.69, 9.17) is 4.74 Å². The number of nitrogens with zero attached hydrogens (tertiary/aromatic N) is 1. The molecular formula is C10H13N3O3. The number of rotatable bonds is 2. The highest BCUT2D eigenvalue weighted by atomic mass is 16.5. The molecule has 1 fully saturated rings. The van der Waals surface area contributed by atoms with Gasteiger partial charge in [0, 0.05) is 12.7 Å². The van der Waals surface area contributed by atoms with Gasteiger partial charge < -0.3 is 10.1 Å². The van der Waals surface area contributed by atoms with Crippen LogP contribution in [0.1, 0.15) is 23.7 Å². The zero-order chi connectivity index (χ0) is 11.6. The predicted octanol–water partition coefficient (Wildman–Crippen LogP) is -0.321. The number of amides is 1. The average Bonchev–Trinajstić information content (AvgIpc) is 2.65. The van der Waals surface area contributed by atoms with E-state index < -0.39 is 0 Å². The van der Waals surface area contributed by atoms with Crippen molar-refractivity contribution in [3.8, 4) is 0 Å². The first kappa shape index (κ1) is 10.8. The minimum Gasteiger partial charge on any atom is -0.379 e. The lowest BCUT2D eigenvalue weighted by molar-refractivity contribution is 0.0889. The van der Waals surface area contributed by atoms with E-state index in [0.29, 0.717) is 13.2 Å². The smallest absolute Gasteiger partial charge is 0.264 e. The Morgan fingerprint density at radius 2 is 2.50 bits per heavy atom. The lowest BCUT2D eigenvalue weighted by atomic mass is 10.0. The average molecular weight is 223 g/mol. The van der Waals surface area contributed by atoms with E-state index in [2.05, 4.69) is 15.5 Å². The van der Waals surface area contributed by atoms with Gasteiger partial charge in [0.25, 0.3) is 11.5 Å². The number of hydrogen-bond acceptors (Lipinski definition) is 4. The maximum absolute atomic E-state index is 11.8. The highest BCUT2D eigenvalue weighted by Gasteiger charge is 2.31.